The topological polar surface area (TPSA) is 50.7 Å². The maximum Gasteiger partial charge on any atom is 0.181 e. The molecule has 4 nitrogen and oxygen atoms in total. The second-order valence-electron chi connectivity index (χ2n) is 3.80. The number of anilines is 1. The van der Waals surface area contributed by atoms with E-state index in [9.17, 15) is 0 Å². The molecule has 5 heteroatoms. The Labute approximate surface area is 97.8 Å². The molecule has 2 aromatic heterocycles. The van der Waals surface area contributed by atoms with E-state index < -0.39 is 0 Å². The predicted molar refractivity (Wildman–Crippen MR) is 64.7 cm³/mol. The van der Waals surface area contributed by atoms with Crippen LogP contribution in [-0.4, -0.2) is 22.0 Å². The Morgan fingerprint density at radius 2 is 2.25 bits per heavy atom. The summed E-state index contributed by atoms with van der Waals surface area (Å²) >= 11 is 1.57. The lowest BCUT2D eigenvalue weighted by molar-refractivity contribution is 0.899. The van der Waals surface area contributed by atoms with Gasteiger partial charge in [0.2, 0.25) is 0 Å². The zero-order chi connectivity index (χ0) is 11.0. The highest BCUT2D eigenvalue weighted by Crippen LogP contribution is 2.28. The molecule has 0 bridgehead atoms. The van der Waals surface area contributed by atoms with Gasteiger partial charge in [0.15, 0.2) is 5.82 Å². The number of thiazole rings is 1. The number of hydrogen-bond acceptors (Lipinski definition) is 5. The molecule has 2 heterocycles. The Bertz CT molecular complexity index is 507. The van der Waals surface area contributed by atoms with Crippen molar-refractivity contribution in [3.8, 4) is 11.5 Å². The zero-order valence-corrected chi connectivity index (χ0v) is 9.84. The van der Waals surface area contributed by atoms with Crippen molar-refractivity contribution >= 4 is 17.2 Å². The molecule has 3 rings (SSSR count). The van der Waals surface area contributed by atoms with Crippen LogP contribution in [0.25, 0.3) is 11.5 Å². The van der Waals surface area contributed by atoms with E-state index in [2.05, 4.69) is 20.3 Å². The number of nitrogens with zero attached hydrogens (tertiary/aromatic N) is 3. The summed E-state index contributed by atoms with van der Waals surface area (Å²) in [5.41, 5.74) is 5.14. The third-order valence-electron chi connectivity index (χ3n) is 2.83. The van der Waals surface area contributed by atoms with Gasteiger partial charge >= 0.3 is 0 Å². The molecule has 0 aliphatic heterocycles. The van der Waals surface area contributed by atoms with Gasteiger partial charge in [0, 0.05) is 23.7 Å². The SMILES string of the molecule is CNc1nc(-c2cscn2)nc2c1CCC2. The highest BCUT2D eigenvalue weighted by Gasteiger charge is 2.19. The van der Waals surface area contributed by atoms with Crippen LogP contribution in [0.3, 0.4) is 0 Å². The van der Waals surface area contributed by atoms with Crippen molar-refractivity contribution in [2.45, 2.75) is 19.3 Å². The molecule has 0 saturated carbocycles. The Morgan fingerprint density at radius 1 is 1.31 bits per heavy atom. The van der Waals surface area contributed by atoms with Gasteiger partial charge in [-0.3, -0.25) is 0 Å². The minimum Gasteiger partial charge on any atom is -0.373 e. The standard InChI is InChI=1S/C11H12N4S/c1-12-10-7-3-2-4-8(7)14-11(15-10)9-5-16-6-13-9/h5-6H,2-4H2,1H3,(H,12,14,15). The maximum absolute atomic E-state index is 4.60. The highest BCUT2D eigenvalue weighted by molar-refractivity contribution is 7.07. The fourth-order valence-corrected chi connectivity index (χ4v) is 2.61. The average Bonchev–Trinajstić information content (AvgIpc) is 2.97. The third kappa shape index (κ3) is 1.48. The van der Waals surface area contributed by atoms with E-state index in [0.29, 0.717) is 0 Å². The van der Waals surface area contributed by atoms with Crippen LogP contribution in [0.4, 0.5) is 5.82 Å². The summed E-state index contributed by atoms with van der Waals surface area (Å²) in [6.45, 7) is 0. The monoisotopic (exact) mass is 232 g/mol. The molecule has 0 atom stereocenters. The summed E-state index contributed by atoms with van der Waals surface area (Å²) < 4.78 is 0. The summed E-state index contributed by atoms with van der Waals surface area (Å²) in [5, 5.41) is 5.14. The van der Waals surface area contributed by atoms with E-state index in [1.54, 1.807) is 11.3 Å². The van der Waals surface area contributed by atoms with Crippen LogP contribution in [0.1, 0.15) is 17.7 Å². The van der Waals surface area contributed by atoms with Crippen molar-refractivity contribution in [3.63, 3.8) is 0 Å². The van der Waals surface area contributed by atoms with Gasteiger partial charge in [-0.2, -0.15) is 0 Å². The third-order valence-corrected chi connectivity index (χ3v) is 3.42. The van der Waals surface area contributed by atoms with Crippen molar-refractivity contribution in [1.82, 2.24) is 15.0 Å². The van der Waals surface area contributed by atoms with Gasteiger partial charge in [0.05, 0.1) is 5.51 Å². The maximum atomic E-state index is 4.60. The smallest absolute Gasteiger partial charge is 0.181 e. The van der Waals surface area contributed by atoms with Crippen molar-refractivity contribution in [2.24, 2.45) is 0 Å². The Morgan fingerprint density at radius 3 is 3.00 bits per heavy atom. The molecule has 0 fully saturated rings. The second-order valence-corrected chi connectivity index (χ2v) is 4.52. The van der Waals surface area contributed by atoms with E-state index in [4.69, 9.17) is 0 Å². The number of rotatable bonds is 2. The zero-order valence-electron chi connectivity index (χ0n) is 9.03. The predicted octanol–water partition coefficient (Wildman–Crippen LogP) is 2.13. The number of nitrogens with one attached hydrogen (secondary N) is 1. The van der Waals surface area contributed by atoms with Crippen LogP contribution in [0.5, 0.6) is 0 Å². The molecular weight excluding hydrogens is 220 g/mol. The summed E-state index contributed by atoms with van der Waals surface area (Å²) in [6.07, 6.45) is 3.33. The summed E-state index contributed by atoms with van der Waals surface area (Å²) in [4.78, 5) is 13.4. The second kappa shape index (κ2) is 3.83. The van der Waals surface area contributed by atoms with Gasteiger partial charge in [0.1, 0.15) is 11.5 Å². The Balaban J connectivity index is 2.15. The van der Waals surface area contributed by atoms with E-state index in [0.717, 1.165) is 30.2 Å². The van der Waals surface area contributed by atoms with E-state index in [1.807, 2.05) is 17.9 Å². The molecule has 16 heavy (non-hydrogen) atoms. The van der Waals surface area contributed by atoms with Gasteiger partial charge in [0.25, 0.3) is 0 Å². The minimum absolute atomic E-state index is 0.742. The minimum atomic E-state index is 0.742. The lowest BCUT2D eigenvalue weighted by Crippen LogP contribution is -2.03. The van der Waals surface area contributed by atoms with Crippen LogP contribution in [0.2, 0.25) is 0 Å². The summed E-state index contributed by atoms with van der Waals surface area (Å²) in [5.74, 6) is 1.71. The first kappa shape index (κ1) is 9.72. The molecule has 1 aliphatic rings. The fourth-order valence-electron chi connectivity index (χ4n) is 2.08. The molecule has 1 aliphatic carbocycles. The van der Waals surface area contributed by atoms with E-state index in [1.165, 1.54) is 17.7 Å². The molecule has 0 aromatic carbocycles. The molecule has 0 spiro atoms. The first-order valence-corrected chi connectivity index (χ1v) is 6.29. The van der Waals surface area contributed by atoms with E-state index in [-0.39, 0.29) is 0 Å². The molecule has 0 saturated heterocycles. The van der Waals surface area contributed by atoms with Crippen LogP contribution in [-0.2, 0) is 12.8 Å². The number of fused-ring (bicyclic) bond motifs is 1. The first-order chi connectivity index (χ1) is 7.88. The first-order valence-electron chi connectivity index (χ1n) is 5.34. The van der Waals surface area contributed by atoms with Crippen LogP contribution in [0, 0.1) is 0 Å². The quantitative estimate of drug-likeness (QED) is 0.861. The van der Waals surface area contributed by atoms with Crippen molar-refractivity contribution < 1.29 is 0 Å². The van der Waals surface area contributed by atoms with E-state index >= 15 is 0 Å². The Kier molecular flexibility index (Phi) is 2.32. The van der Waals surface area contributed by atoms with Crippen molar-refractivity contribution in [3.05, 3.63) is 22.1 Å². The number of aromatic nitrogens is 3. The fraction of sp³-hybridized carbons (Fsp3) is 0.364. The molecule has 0 unspecified atom stereocenters. The molecular formula is C11H12N4S. The normalized spacial score (nSPS) is 13.8. The van der Waals surface area contributed by atoms with Gasteiger partial charge in [-0.05, 0) is 19.3 Å². The molecule has 0 amide bonds. The van der Waals surface area contributed by atoms with Crippen LogP contribution in [0.15, 0.2) is 10.9 Å². The lowest BCUT2D eigenvalue weighted by Gasteiger charge is -2.07. The highest BCUT2D eigenvalue weighted by atomic mass is 32.1. The average molecular weight is 232 g/mol. The van der Waals surface area contributed by atoms with Crippen LogP contribution >= 0.6 is 11.3 Å². The van der Waals surface area contributed by atoms with Gasteiger partial charge in [-0.25, -0.2) is 15.0 Å². The summed E-state index contributed by atoms with van der Waals surface area (Å²) in [7, 11) is 1.91. The lowest BCUT2D eigenvalue weighted by atomic mass is 10.2. The van der Waals surface area contributed by atoms with Crippen molar-refractivity contribution in [1.29, 1.82) is 0 Å². The Hall–Kier alpha value is -1.49. The number of hydrogen-bond donors (Lipinski definition) is 1. The van der Waals surface area contributed by atoms with Crippen molar-refractivity contribution in [2.75, 3.05) is 12.4 Å². The number of aryl methyl sites for hydroxylation is 1. The molecule has 82 valence electrons. The summed E-state index contributed by atoms with van der Waals surface area (Å²) in [6, 6.07) is 0. The van der Waals surface area contributed by atoms with Gasteiger partial charge in [-0.1, -0.05) is 0 Å². The largest absolute Gasteiger partial charge is 0.373 e. The molecule has 0 radical (unpaired) electrons. The van der Waals surface area contributed by atoms with Gasteiger partial charge < -0.3 is 5.32 Å². The van der Waals surface area contributed by atoms with Gasteiger partial charge in [-0.15, -0.1) is 11.3 Å². The molecule has 2 aromatic rings. The molecule has 1 N–H and O–H groups in total. The van der Waals surface area contributed by atoms with Crippen LogP contribution < -0.4 is 5.32 Å².